The Morgan fingerprint density at radius 1 is 1.17 bits per heavy atom. The number of anilines is 1. The van der Waals surface area contributed by atoms with Crippen molar-refractivity contribution in [1.29, 1.82) is 0 Å². The van der Waals surface area contributed by atoms with E-state index in [0.717, 1.165) is 11.5 Å². The first-order valence-electron chi connectivity index (χ1n) is 6.48. The zero-order valence-corrected chi connectivity index (χ0v) is 14.9. The second-order valence-electron chi connectivity index (χ2n) is 5.00. The lowest BCUT2D eigenvalue weighted by Crippen LogP contribution is -2.17. The van der Waals surface area contributed by atoms with Crippen molar-refractivity contribution in [2.24, 2.45) is 5.10 Å². The minimum atomic E-state index is -4.25. The maximum absolute atomic E-state index is 12.5. The van der Waals surface area contributed by atoms with Gasteiger partial charge in [-0.05, 0) is 43.1 Å². The third kappa shape index (κ3) is 2.31. The van der Waals surface area contributed by atoms with E-state index in [-0.39, 0.29) is 20.5 Å². The van der Waals surface area contributed by atoms with Crippen molar-refractivity contribution < 1.29 is 16.8 Å². The number of fused-ring (bicyclic) bond motifs is 1. The van der Waals surface area contributed by atoms with Gasteiger partial charge in [-0.3, -0.25) is 5.43 Å². The molecule has 1 N–H and O–H groups in total. The fourth-order valence-corrected chi connectivity index (χ4v) is 7.15. The van der Waals surface area contributed by atoms with Gasteiger partial charge in [0, 0.05) is 0 Å². The van der Waals surface area contributed by atoms with Gasteiger partial charge in [0.05, 0.1) is 22.1 Å². The first-order valence-corrected chi connectivity index (χ1v) is 10.2. The van der Waals surface area contributed by atoms with Gasteiger partial charge in [-0.25, -0.2) is 26.1 Å². The van der Waals surface area contributed by atoms with Gasteiger partial charge in [0.2, 0.25) is 25.4 Å². The number of benzene rings is 1. The summed E-state index contributed by atoms with van der Waals surface area (Å²) in [7, 11) is -8.50. The van der Waals surface area contributed by atoms with Crippen molar-refractivity contribution in [3.8, 4) is 0 Å². The molecule has 2 heterocycles. The summed E-state index contributed by atoms with van der Waals surface area (Å²) < 4.78 is 52.9. The van der Waals surface area contributed by atoms with E-state index < -0.39 is 24.1 Å². The Bertz CT molecular complexity index is 1140. The van der Waals surface area contributed by atoms with Gasteiger partial charge in [0.25, 0.3) is 4.38 Å². The molecule has 0 fully saturated rings. The molecule has 3 rings (SSSR count). The van der Waals surface area contributed by atoms with Crippen LogP contribution in [0.3, 0.4) is 0 Å². The highest BCUT2D eigenvalue weighted by Crippen LogP contribution is 2.36. The van der Waals surface area contributed by atoms with Gasteiger partial charge in [-0.1, -0.05) is 6.07 Å². The second-order valence-corrected chi connectivity index (χ2v) is 9.70. The number of hydrogen-bond donors (Lipinski definition) is 1. The lowest BCUT2D eigenvalue weighted by atomic mass is 10.2. The fraction of sp³-hybridized carbons (Fsp3) is 0.154. The predicted octanol–water partition coefficient (Wildman–Crippen LogP) is 2.25. The largest absolute Gasteiger partial charge is 0.276 e. The molecule has 1 aromatic carbocycles. The molecule has 8 nitrogen and oxygen atoms in total. The van der Waals surface area contributed by atoms with Gasteiger partial charge in [0.1, 0.15) is 5.00 Å². The van der Waals surface area contributed by atoms with Crippen molar-refractivity contribution in [2.45, 2.75) is 23.6 Å². The molecular formula is C13H10N4O4S3. The van der Waals surface area contributed by atoms with Crippen LogP contribution < -0.4 is 5.43 Å². The second kappa shape index (κ2) is 5.37. The molecule has 0 bridgehead atoms. The smallest absolute Gasteiger partial charge is 0.276 e. The molecule has 1 aromatic heterocycles. The normalized spacial score (nSPS) is 19.0. The van der Waals surface area contributed by atoms with Crippen molar-refractivity contribution in [3.63, 3.8) is 0 Å². The number of aryl methyl sites for hydroxylation is 2. The molecule has 0 saturated carbocycles. The highest BCUT2D eigenvalue weighted by Gasteiger charge is 2.47. The molecule has 0 radical (unpaired) electrons. The van der Waals surface area contributed by atoms with Crippen LogP contribution >= 0.6 is 11.5 Å². The summed E-state index contributed by atoms with van der Waals surface area (Å²) in [4.78, 5) is 2.69. The van der Waals surface area contributed by atoms with Gasteiger partial charge >= 0.3 is 0 Å². The van der Waals surface area contributed by atoms with Gasteiger partial charge in [-0.2, -0.15) is 5.10 Å². The van der Waals surface area contributed by atoms with Crippen LogP contribution in [0, 0.1) is 20.4 Å². The third-order valence-electron chi connectivity index (χ3n) is 3.33. The highest BCUT2D eigenvalue weighted by atomic mass is 32.3. The molecule has 0 saturated heterocycles. The van der Waals surface area contributed by atoms with Crippen LogP contribution in [0.25, 0.3) is 4.85 Å². The van der Waals surface area contributed by atoms with E-state index in [1.165, 1.54) is 18.2 Å². The summed E-state index contributed by atoms with van der Waals surface area (Å²) in [6.07, 6.45) is 0. The predicted molar refractivity (Wildman–Crippen MR) is 89.7 cm³/mol. The molecule has 0 aliphatic carbocycles. The molecule has 0 amide bonds. The van der Waals surface area contributed by atoms with E-state index in [2.05, 4.69) is 19.7 Å². The third-order valence-corrected chi connectivity index (χ3v) is 8.56. The minimum Gasteiger partial charge on any atom is -0.276 e. The molecule has 1 aliphatic rings. The van der Waals surface area contributed by atoms with E-state index in [9.17, 15) is 16.8 Å². The minimum absolute atomic E-state index is 0.172. The number of sulfone groups is 2. The summed E-state index contributed by atoms with van der Waals surface area (Å²) >= 11 is 0.899. The van der Waals surface area contributed by atoms with Crippen molar-refractivity contribution in [3.05, 3.63) is 40.9 Å². The highest BCUT2D eigenvalue weighted by molar-refractivity contribution is 8.33. The quantitative estimate of drug-likeness (QED) is 0.630. The average Bonchev–Trinajstić information content (AvgIpc) is 2.92. The van der Waals surface area contributed by atoms with E-state index >= 15 is 0 Å². The Labute approximate surface area is 142 Å². The molecular weight excluding hydrogens is 372 g/mol. The Morgan fingerprint density at radius 2 is 1.83 bits per heavy atom. The van der Waals surface area contributed by atoms with Crippen LogP contribution in [0.1, 0.15) is 11.3 Å². The van der Waals surface area contributed by atoms with Crippen molar-refractivity contribution in [2.75, 3.05) is 5.43 Å². The number of rotatable bonds is 2. The standard InChI is InChI=1S/C13H10N4O4S3/c1-7-4-5-9-10(6-7)24(20,21)13(23(9,18)19)16-15-12-11(14-3)8(2)17-22-12/h4-6,15H,1-2H3. The molecule has 0 spiro atoms. The van der Waals surface area contributed by atoms with Crippen molar-refractivity contribution >= 4 is 46.3 Å². The Kier molecular flexibility index (Phi) is 3.71. The van der Waals surface area contributed by atoms with Crippen LogP contribution in [-0.4, -0.2) is 25.6 Å². The van der Waals surface area contributed by atoms with Crippen LogP contribution in [0.15, 0.2) is 33.1 Å². The molecule has 2 aromatic rings. The summed E-state index contributed by atoms with van der Waals surface area (Å²) in [5.41, 5.74) is 3.60. The number of nitrogens with one attached hydrogen (secondary N) is 1. The molecule has 0 unspecified atom stereocenters. The van der Waals surface area contributed by atoms with Gasteiger partial charge < -0.3 is 0 Å². The molecule has 124 valence electrons. The summed E-state index contributed by atoms with van der Waals surface area (Å²) in [5, 5.41) is 3.77. The Morgan fingerprint density at radius 3 is 2.50 bits per heavy atom. The maximum atomic E-state index is 12.5. The van der Waals surface area contributed by atoms with Gasteiger partial charge in [-0.15, -0.1) is 0 Å². The van der Waals surface area contributed by atoms with Crippen LogP contribution in [0.2, 0.25) is 0 Å². The SMILES string of the molecule is [C-]#[N+]c1c(C)nsc1NN=C1S(=O)(=O)c2ccc(C)cc2S1(=O)=O. The lowest BCUT2D eigenvalue weighted by Gasteiger charge is -1.99. The fourth-order valence-electron chi connectivity index (χ4n) is 2.17. The Balaban J connectivity index is 2.14. The zero-order chi connectivity index (χ0) is 17.7. The van der Waals surface area contributed by atoms with E-state index in [1.54, 1.807) is 13.8 Å². The van der Waals surface area contributed by atoms with Crippen molar-refractivity contribution in [1.82, 2.24) is 4.37 Å². The molecule has 1 aliphatic heterocycles. The first kappa shape index (κ1) is 16.6. The van der Waals surface area contributed by atoms with E-state index in [0.29, 0.717) is 11.3 Å². The molecule has 11 heteroatoms. The summed E-state index contributed by atoms with van der Waals surface area (Å²) in [6.45, 7) is 10.4. The molecule has 24 heavy (non-hydrogen) atoms. The first-order chi connectivity index (χ1) is 11.2. The number of aromatic nitrogens is 1. The summed E-state index contributed by atoms with van der Waals surface area (Å²) in [5.74, 6) is 0. The monoisotopic (exact) mass is 382 g/mol. The van der Waals surface area contributed by atoms with Crippen LogP contribution in [0.5, 0.6) is 0 Å². The van der Waals surface area contributed by atoms with Crippen LogP contribution in [-0.2, 0) is 19.7 Å². The van der Waals surface area contributed by atoms with E-state index in [4.69, 9.17) is 6.57 Å². The average molecular weight is 382 g/mol. The zero-order valence-electron chi connectivity index (χ0n) is 12.4. The Hall–Kier alpha value is -2.29. The van der Waals surface area contributed by atoms with E-state index in [1.807, 2.05) is 0 Å². The topological polar surface area (TPSA) is 110 Å². The van der Waals surface area contributed by atoms with Crippen LogP contribution in [0.4, 0.5) is 10.7 Å². The van der Waals surface area contributed by atoms with Gasteiger partial charge in [0.15, 0.2) is 0 Å². The maximum Gasteiger partial charge on any atom is 0.276 e. The molecule has 0 atom stereocenters. The number of nitrogens with zero attached hydrogens (tertiary/aromatic N) is 3. The number of hydrogen-bond acceptors (Lipinski definition) is 8. The number of hydrazone groups is 1. The summed E-state index contributed by atoms with van der Waals surface area (Å²) in [6, 6.07) is 4.07. The lowest BCUT2D eigenvalue weighted by molar-refractivity contribution is 0.603.